The van der Waals surface area contributed by atoms with Crippen molar-refractivity contribution in [3.8, 4) is 0 Å². The first-order chi connectivity index (χ1) is 10.6. The molecule has 0 aromatic heterocycles. The molecular weight excluding hydrogens is 357 g/mol. The maximum Gasteiger partial charge on any atom is 0.223 e. The van der Waals surface area contributed by atoms with Crippen LogP contribution in [0.15, 0.2) is 12.1 Å². The molecule has 4 nitrogen and oxygen atoms in total. The third-order valence-electron chi connectivity index (χ3n) is 4.48. The van der Waals surface area contributed by atoms with Crippen LogP contribution in [0, 0.1) is 0 Å². The van der Waals surface area contributed by atoms with Gasteiger partial charge in [-0.25, -0.2) is 0 Å². The van der Waals surface area contributed by atoms with E-state index in [1.54, 1.807) is 0 Å². The van der Waals surface area contributed by atoms with Crippen molar-refractivity contribution in [2.75, 3.05) is 39.3 Å². The van der Waals surface area contributed by atoms with Crippen molar-refractivity contribution in [1.82, 2.24) is 15.1 Å². The lowest BCUT2D eigenvalue weighted by atomic mass is 9.99. The van der Waals surface area contributed by atoms with Gasteiger partial charge in [0.25, 0.3) is 0 Å². The molecule has 1 fully saturated rings. The number of fused-ring (bicyclic) bond motifs is 1. The maximum absolute atomic E-state index is 12.2. The molecule has 2 aliphatic heterocycles. The topological polar surface area (TPSA) is 35.6 Å². The molecule has 0 saturated carbocycles. The lowest BCUT2D eigenvalue weighted by Gasteiger charge is -2.31. The van der Waals surface area contributed by atoms with Crippen LogP contribution in [0.2, 0.25) is 10.0 Å². The zero-order valence-electron chi connectivity index (χ0n) is 13.0. The van der Waals surface area contributed by atoms with Crippen molar-refractivity contribution < 1.29 is 4.79 Å². The first-order valence-electron chi connectivity index (χ1n) is 7.82. The predicted octanol–water partition coefficient (Wildman–Crippen LogP) is 2.60. The Balaban J connectivity index is 0.00000192. The second kappa shape index (κ2) is 8.54. The molecule has 1 saturated heterocycles. The highest BCUT2D eigenvalue weighted by Gasteiger charge is 2.21. The molecule has 0 radical (unpaired) electrons. The average Bonchev–Trinajstić information content (AvgIpc) is 2.57. The molecular formula is C16H22Cl3N3O. The van der Waals surface area contributed by atoms with Crippen molar-refractivity contribution in [2.45, 2.75) is 19.4 Å². The van der Waals surface area contributed by atoms with Crippen molar-refractivity contribution in [3.63, 3.8) is 0 Å². The van der Waals surface area contributed by atoms with Crippen molar-refractivity contribution in [2.24, 2.45) is 0 Å². The molecule has 2 heterocycles. The van der Waals surface area contributed by atoms with Gasteiger partial charge < -0.3 is 10.2 Å². The van der Waals surface area contributed by atoms with Gasteiger partial charge in [0.15, 0.2) is 0 Å². The monoisotopic (exact) mass is 377 g/mol. The van der Waals surface area contributed by atoms with Gasteiger partial charge in [-0.2, -0.15) is 0 Å². The number of piperazine rings is 1. The molecule has 2 aliphatic rings. The number of carbonyl (C=O) groups is 1. The Hall–Kier alpha value is -0.520. The van der Waals surface area contributed by atoms with Crippen LogP contribution in [0.5, 0.6) is 0 Å². The molecule has 1 aromatic rings. The molecule has 1 aromatic carbocycles. The summed E-state index contributed by atoms with van der Waals surface area (Å²) in [7, 11) is 0. The number of hydrogen-bond acceptors (Lipinski definition) is 3. The molecule has 7 heteroatoms. The third kappa shape index (κ3) is 4.52. The van der Waals surface area contributed by atoms with Crippen molar-refractivity contribution in [1.29, 1.82) is 0 Å². The quantitative estimate of drug-likeness (QED) is 0.878. The standard InChI is InChI=1S/C16H21Cl2N3O.ClH/c17-14-2-1-12-11-20(7-3-13(12)16(14)18)8-4-15(22)21-9-5-19-6-10-21;/h1-2,19H,3-11H2;1H. The first kappa shape index (κ1) is 18.8. The summed E-state index contributed by atoms with van der Waals surface area (Å²) in [6, 6.07) is 3.91. The van der Waals surface area contributed by atoms with E-state index in [0.717, 1.165) is 52.2 Å². The van der Waals surface area contributed by atoms with Gasteiger partial charge in [0, 0.05) is 52.2 Å². The minimum absolute atomic E-state index is 0. The van der Waals surface area contributed by atoms with Crippen LogP contribution < -0.4 is 5.32 Å². The minimum Gasteiger partial charge on any atom is -0.340 e. The van der Waals surface area contributed by atoms with E-state index in [4.69, 9.17) is 23.2 Å². The Morgan fingerprint density at radius 1 is 1.17 bits per heavy atom. The first-order valence-corrected chi connectivity index (χ1v) is 8.57. The molecule has 0 aliphatic carbocycles. The minimum atomic E-state index is 0. The second-order valence-corrected chi connectivity index (χ2v) is 6.69. The zero-order chi connectivity index (χ0) is 15.5. The number of carbonyl (C=O) groups excluding carboxylic acids is 1. The van der Waals surface area contributed by atoms with Gasteiger partial charge in [-0.05, 0) is 23.6 Å². The number of nitrogens with one attached hydrogen (secondary N) is 1. The van der Waals surface area contributed by atoms with E-state index in [1.807, 2.05) is 17.0 Å². The van der Waals surface area contributed by atoms with Gasteiger partial charge in [-0.3, -0.25) is 9.69 Å². The van der Waals surface area contributed by atoms with Crippen LogP contribution in [0.1, 0.15) is 17.5 Å². The SMILES string of the molecule is Cl.O=C(CCN1CCc2c(ccc(Cl)c2Cl)C1)N1CCNCC1. The molecule has 128 valence electrons. The highest BCUT2D eigenvalue weighted by molar-refractivity contribution is 6.42. The highest BCUT2D eigenvalue weighted by atomic mass is 35.5. The van der Waals surface area contributed by atoms with Crippen molar-refractivity contribution in [3.05, 3.63) is 33.3 Å². The Bertz CT molecular complexity index is 562. The third-order valence-corrected chi connectivity index (χ3v) is 5.32. The summed E-state index contributed by atoms with van der Waals surface area (Å²) in [6.45, 7) is 6.06. The average molecular weight is 379 g/mol. The molecule has 23 heavy (non-hydrogen) atoms. The van der Waals surface area contributed by atoms with Crippen LogP contribution in [0.4, 0.5) is 0 Å². The number of hydrogen-bond donors (Lipinski definition) is 1. The van der Waals surface area contributed by atoms with E-state index in [9.17, 15) is 4.79 Å². The van der Waals surface area contributed by atoms with E-state index in [2.05, 4.69) is 10.2 Å². The van der Waals surface area contributed by atoms with Crippen LogP contribution in [0.25, 0.3) is 0 Å². The van der Waals surface area contributed by atoms with Crippen LogP contribution >= 0.6 is 35.6 Å². The summed E-state index contributed by atoms with van der Waals surface area (Å²) in [6.07, 6.45) is 1.49. The number of nitrogens with zero attached hydrogens (tertiary/aromatic N) is 2. The Kier molecular flexibility index (Phi) is 6.99. The fourth-order valence-corrected chi connectivity index (χ4v) is 3.61. The number of benzene rings is 1. The van der Waals surface area contributed by atoms with Crippen LogP contribution in [-0.4, -0.2) is 55.0 Å². The molecule has 0 spiro atoms. The Morgan fingerprint density at radius 2 is 1.91 bits per heavy atom. The molecule has 3 rings (SSSR count). The summed E-state index contributed by atoms with van der Waals surface area (Å²) in [5.74, 6) is 0.265. The zero-order valence-corrected chi connectivity index (χ0v) is 15.3. The number of amides is 1. The number of halogens is 3. The lowest BCUT2D eigenvalue weighted by molar-refractivity contribution is -0.132. The normalized spacial score (nSPS) is 18.3. The molecule has 1 N–H and O–H groups in total. The Morgan fingerprint density at radius 3 is 2.65 bits per heavy atom. The fourth-order valence-electron chi connectivity index (χ4n) is 3.16. The smallest absolute Gasteiger partial charge is 0.223 e. The lowest BCUT2D eigenvalue weighted by Crippen LogP contribution is -2.47. The summed E-state index contributed by atoms with van der Waals surface area (Å²) in [4.78, 5) is 16.5. The second-order valence-electron chi connectivity index (χ2n) is 5.91. The van der Waals surface area contributed by atoms with E-state index in [1.165, 1.54) is 11.1 Å². The summed E-state index contributed by atoms with van der Waals surface area (Å²) in [5, 5.41) is 4.59. The molecule has 0 bridgehead atoms. The summed E-state index contributed by atoms with van der Waals surface area (Å²) >= 11 is 12.3. The molecule has 0 atom stereocenters. The molecule has 1 amide bonds. The van der Waals surface area contributed by atoms with E-state index in [-0.39, 0.29) is 18.3 Å². The van der Waals surface area contributed by atoms with Gasteiger partial charge in [0.2, 0.25) is 5.91 Å². The number of rotatable bonds is 3. The largest absolute Gasteiger partial charge is 0.340 e. The van der Waals surface area contributed by atoms with Gasteiger partial charge in [-0.15, -0.1) is 12.4 Å². The van der Waals surface area contributed by atoms with Crippen molar-refractivity contribution >= 4 is 41.5 Å². The Labute approximate surface area is 153 Å². The van der Waals surface area contributed by atoms with Crippen LogP contribution in [0.3, 0.4) is 0 Å². The van der Waals surface area contributed by atoms with E-state index >= 15 is 0 Å². The molecule has 0 unspecified atom stereocenters. The van der Waals surface area contributed by atoms with Crippen LogP contribution in [-0.2, 0) is 17.8 Å². The summed E-state index contributed by atoms with van der Waals surface area (Å²) in [5.41, 5.74) is 2.40. The highest BCUT2D eigenvalue weighted by Crippen LogP contribution is 2.32. The maximum atomic E-state index is 12.2. The predicted molar refractivity (Wildman–Crippen MR) is 96.8 cm³/mol. The van der Waals surface area contributed by atoms with Gasteiger partial charge in [0.1, 0.15) is 0 Å². The van der Waals surface area contributed by atoms with E-state index in [0.29, 0.717) is 16.5 Å². The fraction of sp³-hybridized carbons (Fsp3) is 0.562. The van der Waals surface area contributed by atoms with Gasteiger partial charge in [0.05, 0.1) is 10.0 Å². The summed E-state index contributed by atoms with van der Waals surface area (Å²) < 4.78 is 0. The van der Waals surface area contributed by atoms with E-state index < -0.39 is 0 Å². The van der Waals surface area contributed by atoms with Gasteiger partial charge in [-0.1, -0.05) is 29.3 Å². The van der Waals surface area contributed by atoms with Gasteiger partial charge >= 0.3 is 0 Å².